The number of halogens is 1. The SMILES string of the molecule is NCc1cc(=O)c(O)co1.NCc1cc(=O)c(O)co1.O=C(NCc1cc(=O)c(O)co1)c1ccccc1.O=C(c1ccccc1)N1CCSC1=S.O=c1cc(CCl)occ1O.O=c1cc(CO)occ1O.[CH3-].[K+].[N-]=[N+]=NCc1cc(=O)c(O)co1. The van der Waals surface area contributed by atoms with Gasteiger partial charge >= 0.3 is 51.4 Å². The summed E-state index contributed by atoms with van der Waals surface area (Å²) in [4.78, 5) is 92.1. The zero-order chi connectivity index (χ0) is 62.1. The molecule has 86 heavy (non-hydrogen) atoms. The van der Waals surface area contributed by atoms with Crippen molar-refractivity contribution in [2.45, 2.75) is 38.7 Å². The molecule has 0 bridgehead atoms. The first-order chi connectivity index (χ1) is 40.1. The number of aliphatic hydroxyl groups excluding tert-OH is 1. The van der Waals surface area contributed by atoms with E-state index in [0.29, 0.717) is 32.7 Å². The molecular formula is C54H53ClKN7O21S2. The van der Waals surface area contributed by atoms with Gasteiger partial charge in [-0.2, -0.15) is 0 Å². The van der Waals surface area contributed by atoms with Gasteiger partial charge in [-0.05, 0) is 29.8 Å². The Morgan fingerprint density at radius 1 is 0.593 bits per heavy atom. The van der Waals surface area contributed by atoms with Crippen molar-refractivity contribution in [3.63, 3.8) is 0 Å². The maximum absolute atomic E-state index is 11.9. The Balaban J connectivity index is 0.000000506. The van der Waals surface area contributed by atoms with Crippen molar-refractivity contribution in [3.8, 4) is 34.5 Å². The zero-order valence-electron chi connectivity index (χ0n) is 45.3. The second kappa shape index (κ2) is 40.7. The number of hydrogen-bond acceptors (Lipinski definition) is 26. The maximum Gasteiger partial charge on any atom is 1.00 e. The molecule has 32 heteroatoms. The van der Waals surface area contributed by atoms with Gasteiger partial charge in [0.25, 0.3) is 11.8 Å². The van der Waals surface area contributed by atoms with Crippen LogP contribution in [-0.4, -0.2) is 69.1 Å². The van der Waals surface area contributed by atoms with Crippen LogP contribution in [0, 0.1) is 7.43 Å². The molecule has 0 saturated carbocycles. The molecule has 2 aromatic carbocycles. The van der Waals surface area contributed by atoms with Crippen LogP contribution in [0.25, 0.3) is 10.4 Å². The molecular weight excluding hydrogens is 1220 g/mol. The summed E-state index contributed by atoms with van der Waals surface area (Å²) in [6, 6.07) is 24.7. The largest absolute Gasteiger partial charge is 1.00 e. The fourth-order valence-corrected chi connectivity index (χ4v) is 6.82. The molecule has 28 nitrogen and oxygen atoms in total. The second-order valence-corrected chi connectivity index (χ2v) is 17.6. The number of nitrogens with zero attached hydrogens (tertiary/aromatic N) is 4. The minimum Gasteiger partial charge on any atom is -0.502 e. The minimum atomic E-state index is -0.551. The predicted octanol–water partition coefficient (Wildman–Crippen LogP) is 2.58. The van der Waals surface area contributed by atoms with Gasteiger partial charge in [-0.15, -0.1) is 11.6 Å². The number of nitrogens with two attached hydrogens (primary N) is 2. The molecule has 8 aromatic rings. The molecule has 6 aromatic heterocycles. The van der Waals surface area contributed by atoms with Gasteiger partial charge in [-0.3, -0.25) is 43.3 Å². The van der Waals surface area contributed by atoms with Crippen LogP contribution in [-0.2, 0) is 38.7 Å². The van der Waals surface area contributed by atoms with E-state index in [-0.39, 0.29) is 127 Å². The molecule has 9 rings (SSSR count). The topological polar surface area (TPSA) is 473 Å². The van der Waals surface area contributed by atoms with Crippen molar-refractivity contribution < 1.29 is 123 Å². The minimum absolute atomic E-state index is 0. The average Bonchev–Trinajstić information content (AvgIpc) is 4.21. The van der Waals surface area contributed by atoms with E-state index >= 15 is 0 Å². The van der Waals surface area contributed by atoms with Crippen LogP contribution in [0.4, 0.5) is 0 Å². The van der Waals surface area contributed by atoms with Gasteiger partial charge in [0.05, 0.1) is 32.1 Å². The first kappa shape index (κ1) is 75.4. The molecule has 0 unspecified atom stereocenters. The molecule has 450 valence electrons. The second-order valence-electron chi connectivity index (χ2n) is 15.6. The molecule has 0 radical (unpaired) electrons. The van der Waals surface area contributed by atoms with Crippen LogP contribution < -0.4 is 101 Å². The summed E-state index contributed by atoms with van der Waals surface area (Å²) in [5.41, 5.74) is 16.4. The van der Waals surface area contributed by atoms with E-state index in [1.54, 1.807) is 40.9 Å². The summed E-state index contributed by atoms with van der Waals surface area (Å²) in [7, 11) is 0. The van der Waals surface area contributed by atoms with Gasteiger partial charge in [0.15, 0.2) is 34.5 Å². The molecule has 1 aliphatic rings. The van der Waals surface area contributed by atoms with E-state index in [1.165, 1.54) is 0 Å². The van der Waals surface area contributed by atoms with Gasteiger partial charge in [-0.25, -0.2) is 0 Å². The number of thioether (sulfide) groups is 1. The molecule has 0 atom stereocenters. The number of hydrogen-bond donors (Lipinski definition) is 10. The quantitative estimate of drug-likeness (QED) is 0.0179. The Morgan fingerprint density at radius 2 is 0.942 bits per heavy atom. The number of thiocarbonyl (C=S) groups is 1. The van der Waals surface area contributed by atoms with Crippen LogP contribution in [0.2, 0.25) is 0 Å². The number of aliphatic hydroxyl groups is 1. The van der Waals surface area contributed by atoms with Crippen molar-refractivity contribution in [1.82, 2.24) is 10.2 Å². The number of alkyl halides is 1. The summed E-state index contributed by atoms with van der Waals surface area (Å²) in [6.45, 7) is 0.771. The van der Waals surface area contributed by atoms with E-state index < -0.39 is 67.1 Å². The Labute approximate surface area is 542 Å². The third-order valence-corrected chi connectivity index (χ3v) is 11.4. The number of benzene rings is 2. The van der Waals surface area contributed by atoms with Crippen LogP contribution in [0.1, 0.15) is 55.3 Å². The maximum atomic E-state index is 11.9. The Bertz CT molecular complexity index is 3620. The summed E-state index contributed by atoms with van der Waals surface area (Å²) in [5.74, 6) is -0.0109. The number of aromatic hydroxyl groups is 6. The molecule has 1 fully saturated rings. The van der Waals surface area contributed by atoms with Crippen LogP contribution in [0.3, 0.4) is 0 Å². The van der Waals surface area contributed by atoms with Crippen molar-refractivity contribution in [2.75, 3.05) is 12.3 Å². The van der Waals surface area contributed by atoms with Crippen LogP contribution in [0.5, 0.6) is 34.5 Å². The molecule has 0 spiro atoms. The molecule has 1 aliphatic heterocycles. The number of nitrogens with one attached hydrogen (secondary N) is 1. The van der Waals surface area contributed by atoms with Gasteiger partial charge in [0.1, 0.15) is 83.1 Å². The standard InChI is InChI=1S/C13H11NO4.C10H9NOS2.C6H5ClO3.C6H5N3O3.2C6H7NO3.C6H6O4.CH3.K/c15-11-6-10(18-8-12(11)16)7-14-13(17)9-4-2-1-3-5-9;12-9(8-4-2-1-3-5-8)11-6-7-14-10(11)13;7-2-4-1-5(8)6(9)3-10-4;7-9-8-2-4-1-5(10)6(11)3-12-4;3*7-2-4-1-5(8)6(9)3-10-4;;/h1-6,8,16H,7H2,(H,14,17);1-5H,6-7H2;1,3,9H,2H2;1,3,11H,2H2;2*1,3,9H,2,7H2;1,3,7,9H,2H2;1H3;/q;;;;;;;-1;+1. The average molecular weight is 1270 g/mol. The third-order valence-electron chi connectivity index (χ3n) is 9.66. The Morgan fingerprint density at radius 3 is 1.31 bits per heavy atom. The monoisotopic (exact) mass is 1270 g/mol. The molecule has 1 saturated heterocycles. The fourth-order valence-electron chi connectivity index (χ4n) is 5.48. The zero-order valence-corrected chi connectivity index (χ0v) is 50.9. The Kier molecular flexibility index (Phi) is 35.7. The van der Waals surface area contributed by atoms with E-state index in [9.17, 15) is 38.4 Å². The van der Waals surface area contributed by atoms with Crippen LogP contribution >= 0.6 is 35.6 Å². The number of amides is 2. The van der Waals surface area contributed by atoms with E-state index in [0.717, 1.165) is 86.3 Å². The molecule has 0 aliphatic carbocycles. The van der Waals surface area contributed by atoms with E-state index in [4.69, 9.17) is 98.6 Å². The number of azide groups is 1. The van der Waals surface area contributed by atoms with Crippen molar-refractivity contribution in [1.29, 1.82) is 0 Å². The molecule has 7 heterocycles. The van der Waals surface area contributed by atoms with E-state index in [2.05, 4.69) is 19.8 Å². The van der Waals surface area contributed by atoms with Gasteiger partial charge in [-0.1, -0.05) is 65.5 Å². The summed E-state index contributed by atoms with van der Waals surface area (Å²) < 4.78 is 29.1. The van der Waals surface area contributed by atoms with Gasteiger partial charge in [0.2, 0.25) is 32.6 Å². The van der Waals surface area contributed by atoms with E-state index in [1.807, 2.05) is 36.4 Å². The third kappa shape index (κ3) is 27.0. The van der Waals surface area contributed by atoms with Crippen molar-refractivity contribution >= 4 is 51.7 Å². The number of carbonyl (C=O) groups is 2. The smallest absolute Gasteiger partial charge is 0.502 e. The summed E-state index contributed by atoms with van der Waals surface area (Å²) in [5, 5.41) is 66.7. The Hall–Kier alpha value is -8.56. The first-order valence-corrected chi connectivity index (χ1v) is 25.4. The fraction of sp³-hybridized carbons (Fsp3) is 0.148. The van der Waals surface area contributed by atoms with Gasteiger partial charge in [0, 0.05) is 64.7 Å². The molecule has 12 N–H and O–H groups in total. The van der Waals surface area contributed by atoms with Gasteiger partial charge < -0.3 is 86.5 Å². The van der Waals surface area contributed by atoms with Crippen molar-refractivity contribution in [3.05, 3.63) is 260 Å². The first-order valence-electron chi connectivity index (χ1n) is 23.4. The summed E-state index contributed by atoms with van der Waals surface area (Å²) >= 11 is 12.0. The van der Waals surface area contributed by atoms with Crippen LogP contribution in [0.15, 0.2) is 195 Å². The molecule has 2 amide bonds. The summed E-state index contributed by atoms with van der Waals surface area (Å²) in [6.07, 6.45) is 5.68. The number of rotatable bonds is 10. The normalized spacial score (nSPS) is 10.5. The predicted molar refractivity (Wildman–Crippen MR) is 311 cm³/mol. The van der Waals surface area contributed by atoms with Crippen molar-refractivity contribution in [2.24, 2.45) is 16.6 Å². The number of carbonyl (C=O) groups excluding carboxylic acids is 2.